The Balaban J connectivity index is 2.39. The van der Waals surface area contributed by atoms with E-state index < -0.39 is 11.2 Å². The highest BCUT2D eigenvalue weighted by Gasteiger charge is 2.38. The molecule has 1 aliphatic rings. The smallest absolute Gasteiger partial charge is 0.173 e. The Morgan fingerprint density at radius 1 is 1.53 bits per heavy atom. The van der Waals surface area contributed by atoms with Crippen LogP contribution in [0.1, 0.15) is 23.7 Å². The van der Waals surface area contributed by atoms with Crippen LogP contribution in [0.2, 0.25) is 0 Å². The van der Waals surface area contributed by atoms with E-state index in [1.165, 1.54) is 25.3 Å². The normalized spacial score (nSPS) is 23.7. The molecule has 1 unspecified atom stereocenters. The lowest BCUT2D eigenvalue weighted by Gasteiger charge is -2.22. The Morgan fingerprint density at radius 3 is 2.88 bits per heavy atom. The lowest BCUT2D eigenvalue weighted by atomic mass is 9.81. The molecule has 3 nitrogen and oxygen atoms in total. The molecule has 1 N–H and O–H groups in total. The molecule has 92 valence electrons. The molecule has 1 aromatic rings. The molecule has 0 amide bonds. The molecule has 1 fully saturated rings. The van der Waals surface area contributed by atoms with Crippen molar-refractivity contribution < 1.29 is 13.9 Å². The largest absolute Gasteiger partial charge is 0.496 e. The molecule has 0 aromatic heterocycles. The molecule has 1 atom stereocenters. The highest BCUT2D eigenvalue weighted by molar-refractivity contribution is 6.03. The molecule has 0 radical (unpaired) electrons. The predicted octanol–water partition coefficient (Wildman–Crippen LogP) is 2.02. The summed E-state index contributed by atoms with van der Waals surface area (Å²) in [5, 5.41) is 3.16. The van der Waals surface area contributed by atoms with Gasteiger partial charge in [-0.25, -0.2) is 4.39 Å². The van der Waals surface area contributed by atoms with E-state index in [1.54, 1.807) is 0 Å². The van der Waals surface area contributed by atoms with Crippen LogP contribution in [0.15, 0.2) is 18.2 Å². The van der Waals surface area contributed by atoms with E-state index in [9.17, 15) is 9.18 Å². The van der Waals surface area contributed by atoms with Gasteiger partial charge in [0.15, 0.2) is 5.78 Å². The van der Waals surface area contributed by atoms with Crippen molar-refractivity contribution in [1.82, 2.24) is 5.32 Å². The summed E-state index contributed by atoms with van der Waals surface area (Å²) in [5.74, 6) is -0.0351. The van der Waals surface area contributed by atoms with E-state index in [0.717, 1.165) is 13.0 Å². The van der Waals surface area contributed by atoms with E-state index in [1.807, 2.05) is 6.92 Å². The van der Waals surface area contributed by atoms with Crippen LogP contribution in [0.25, 0.3) is 0 Å². The van der Waals surface area contributed by atoms with Gasteiger partial charge in [-0.15, -0.1) is 0 Å². The third kappa shape index (κ3) is 2.17. The summed E-state index contributed by atoms with van der Waals surface area (Å²) in [6, 6.07) is 4.05. The van der Waals surface area contributed by atoms with Gasteiger partial charge in [-0.1, -0.05) is 6.92 Å². The zero-order chi connectivity index (χ0) is 12.5. The highest BCUT2D eigenvalue weighted by atomic mass is 19.1. The number of hydrogen-bond acceptors (Lipinski definition) is 3. The second kappa shape index (κ2) is 4.45. The minimum atomic E-state index is -0.457. The SMILES string of the molecule is COc1ccc(F)cc1C(=O)C1(C)CCNC1. The molecule has 1 aromatic carbocycles. The van der Waals surface area contributed by atoms with E-state index in [-0.39, 0.29) is 5.78 Å². The Bertz CT molecular complexity index is 439. The molecular weight excluding hydrogens is 221 g/mol. The Labute approximate surface area is 100.0 Å². The first kappa shape index (κ1) is 12.0. The van der Waals surface area contributed by atoms with Crippen molar-refractivity contribution >= 4 is 5.78 Å². The fourth-order valence-electron chi connectivity index (χ4n) is 2.19. The topological polar surface area (TPSA) is 38.3 Å². The molecular formula is C13H16FNO2. The molecule has 0 aliphatic carbocycles. The van der Waals surface area contributed by atoms with Crippen LogP contribution < -0.4 is 10.1 Å². The lowest BCUT2D eigenvalue weighted by molar-refractivity contribution is 0.0835. The quantitative estimate of drug-likeness (QED) is 0.817. The standard InChI is InChI=1S/C13H16FNO2/c1-13(5-6-15-8-13)12(16)10-7-9(14)3-4-11(10)17-2/h3-4,7,15H,5-6,8H2,1-2H3. The van der Waals surface area contributed by atoms with Crippen LogP contribution in [0.3, 0.4) is 0 Å². The molecule has 1 saturated heterocycles. The van der Waals surface area contributed by atoms with Crippen LogP contribution in [0.5, 0.6) is 5.75 Å². The third-order valence-electron chi connectivity index (χ3n) is 3.32. The van der Waals surface area contributed by atoms with Gasteiger partial charge in [-0.05, 0) is 31.2 Å². The van der Waals surface area contributed by atoms with E-state index in [2.05, 4.69) is 5.32 Å². The first-order valence-electron chi connectivity index (χ1n) is 5.66. The number of nitrogens with one attached hydrogen (secondary N) is 1. The monoisotopic (exact) mass is 237 g/mol. The van der Waals surface area contributed by atoms with Gasteiger partial charge in [0.2, 0.25) is 0 Å². The van der Waals surface area contributed by atoms with Crippen molar-refractivity contribution in [3.8, 4) is 5.75 Å². The number of rotatable bonds is 3. The van der Waals surface area contributed by atoms with Crippen molar-refractivity contribution in [3.05, 3.63) is 29.6 Å². The fraction of sp³-hybridized carbons (Fsp3) is 0.462. The minimum Gasteiger partial charge on any atom is -0.496 e. The molecule has 0 bridgehead atoms. The number of Topliss-reactive ketones (excluding diaryl/α,β-unsaturated/α-hetero) is 1. The van der Waals surface area contributed by atoms with E-state index in [4.69, 9.17) is 4.74 Å². The first-order chi connectivity index (χ1) is 8.07. The van der Waals surface area contributed by atoms with Gasteiger partial charge in [-0.3, -0.25) is 4.79 Å². The average molecular weight is 237 g/mol. The molecule has 4 heteroatoms. The second-order valence-electron chi connectivity index (χ2n) is 4.66. The van der Waals surface area contributed by atoms with Crippen molar-refractivity contribution in [1.29, 1.82) is 0 Å². The summed E-state index contributed by atoms with van der Waals surface area (Å²) >= 11 is 0. The Kier molecular flexibility index (Phi) is 3.15. The van der Waals surface area contributed by atoms with Crippen LogP contribution in [-0.4, -0.2) is 26.0 Å². The Morgan fingerprint density at radius 2 is 2.29 bits per heavy atom. The van der Waals surface area contributed by atoms with Crippen molar-refractivity contribution in [3.63, 3.8) is 0 Å². The second-order valence-corrected chi connectivity index (χ2v) is 4.66. The maximum Gasteiger partial charge on any atom is 0.173 e. The fourth-order valence-corrected chi connectivity index (χ4v) is 2.19. The molecule has 0 spiro atoms. The van der Waals surface area contributed by atoms with Crippen LogP contribution in [-0.2, 0) is 0 Å². The molecule has 2 rings (SSSR count). The summed E-state index contributed by atoms with van der Waals surface area (Å²) in [6.45, 7) is 3.35. The summed E-state index contributed by atoms with van der Waals surface area (Å²) in [7, 11) is 1.49. The summed E-state index contributed by atoms with van der Waals surface area (Å²) in [4.78, 5) is 12.4. The van der Waals surface area contributed by atoms with Gasteiger partial charge < -0.3 is 10.1 Å². The number of hydrogen-bond donors (Lipinski definition) is 1. The zero-order valence-corrected chi connectivity index (χ0v) is 10.0. The predicted molar refractivity (Wildman–Crippen MR) is 62.9 cm³/mol. The van der Waals surface area contributed by atoms with Gasteiger partial charge >= 0.3 is 0 Å². The van der Waals surface area contributed by atoms with Gasteiger partial charge in [-0.2, -0.15) is 0 Å². The molecule has 1 aliphatic heterocycles. The number of methoxy groups -OCH3 is 1. The lowest BCUT2D eigenvalue weighted by Crippen LogP contribution is -2.30. The number of benzene rings is 1. The van der Waals surface area contributed by atoms with Crippen molar-refractivity contribution in [2.75, 3.05) is 20.2 Å². The van der Waals surface area contributed by atoms with Gasteiger partial charge in [0.25, 0.3) is 0 Å². The van der Waals surface area contributed by atoms with Crippen LogP contribution >= 0.6 is 0 Å². The third-order valence-corrected chi connectivity index (χ3v) is 3.32. The zero-order valence-electron chi connectivity index (χ0n) is 10.0. The number of halogens is 1. The summed E-state index contributed by atoms with van der Waals surface area (Å²) in [6.07, 6.45) is 0.769. The number of ether oxygens (including phenoxy) is 1. The maximum absolute atomic E-state index is 13.2. The number of ketones is 1. The van der Waals surface area contributed by atoms with Gasteiger partial charge in [0.1, 0.15) is 11.6 Å². The Hall–Kier alpha value is -1.42. The number of carbonyl (C=O) groups excluding carboxylic acids is 1. The van der Waals surface area contributed by atoms with Gasteiger partial charge in [0.05, 0.1) is 12.7 Å². The first-order valence-corrected chi connectivity index (χ1v) is 5.66. The van der Waals surface area contributed by atoms with E-state index >= 15 is 0 Å². The molecule has 0 saturated carbocycles. The highest BCUT2D eigenvalue weighted by Crippen LogP contribution is 2.33. The van der Waals surface area contributed by atoms with Crippen molar-refractivity contribution in [2.45, 2.75) is 13.3 Å². The van der Waals surface area contributed by atoms with E-state index in [0.29, 0.717) is 17.9 Å². The minimum absolute atomic E-state index is 0.0566. The van der Waals surface area contributed by atoms with Crippen LogP contribution in [0.4, 0.5) is 4.39 Å². The average Bonchev–Trinajstić information content (AvgIpc) is 2.76. The van der Waals surface area contributed by atoms with Crippen LogP contribution in [0, 0.1) is 11.2 Å². The molecule has 1 heterocycles. The summed E-state index contributed by atoms with van der Waals surface area (Å²) in [5.41, 5.74) is -0.125. The maximum atomic E-state index is 13.2. The van der Waals surface area contributed by atoms with Crippen molar-refractivity contribution in [2.24, 2.45) is 5.41 Å². The van der Waals surface area contributed by atoms with Gasteiger partial charge in [0, 0.05) is 12.0 Å². The number of carbonyl (C=O) groups is 1. The molecule has 17 heavy (non-hydrogen) atoms. The summed E-state index contributed by atoms with van der Waals surface area (Å²) < 4.78 is 18.4.